The minimum absolute atomic E-state index is 0.0742. The molecular formula is C13H21ClN4S2. The lowest BCUT2D eigenvalue weighted by atomic mass is 9.98. The lowest BCUT2D eigenvalue weighted by Crippen LogP contribution is -2.10. The van der Waals surface area contributed by atoms with Crippen molar-refractivity contribution in [3.05, 3.63) is 21.1 Å². The summed E-state index contributed by atoms with van der Waals surface area (Å²) in [6, 6.07) is 0. The SMILES string of the molecule is CC(C)(C)c1nc(Cl)ns1.Cc1nsc(C(C)(C)C)n1. The van der Waals surface area contributed by atoms with E-state index in [1.165, 1.54) is 23.1 Å². The highest BCUT2D eigenvalue weighted by Gasteiger charge is 2.18. The third kappa shape index (κ3) is 5.42. The second-order valence-corrected chi connectivity index (χ2v) is 8.36. The van der Waals surface area contributed by atoms with Crippen LogP contribution in [0.15, 0.2) is 0 Å². The van der Waals surface area contributed by atoms with Gasteiger partial charge in [-0.25, -0.2) is 9.97 Å². The molecule has 0 saturated heterocycles. The zero-order chi connectivity index (χ0) is 15.6. The van der Waals surface area contributed by atoms with E-state index in [4.69, 9.17) is 11.6 Å². The lowest BCUT2D eigenvalue weighted by molar-refractivity contribution is 0.584. The van der Waals surface area contributed by atoms with Gasteiger partial charge in [-0.05, 0) is 41.6 Å². The molecule has 0 unspecified atom stereocenters. The largest absolute Gasteiger partial charge is 0.234 e. The monoisotopic (exact) mass is 332 g/mol. The summed E-state index contributed by atoms with van der Waals surface area (Å²) in [5, 5.41) is 2.46. The van der Waals surface area contributed by atoms with Gasteiger partial charge in [0.2, 0.25) is 5.28 Å². The van der Waals surface area contributed by atoms with Crippen LogP contribution in [0.4, 0.5) is 0 Å². The van der Waals surface area contributed by atoms with E-state index >= 15 is 0 Å². The second kappa shape index (κ2) is 6.45. The van der Waals surface area contributed by atoms with Crippen molar-refractivity contribution in [2.75, 3.05) is 0 Å². The molecular weight excluding hydrogens is 312 g/mol. The van der Waals surface area contributed by atoms with Crippen LogP contribution in [0, 0.1) is 6.92 Å². The molecule has 0 aliphatic carbocycles. The van der Waals surface area contributed by atoms with Gasteiger partial charge in [0, 0.05) is 10.8 Å². The highest BCUT2D eigenvalue weighted by atomic mass is 35.5. The first kappa shape index (κ1) is 17.5. The van der Waals surface area contributed by atoms with E-state index in [1.807, 2.05) is 6.92 Å². The molecule has 0 atom stereocenters. The Bertz CT molecular complexity index is 499. The van der Waals surface area contributed by atoms with Crippen LogP contribution in [-0.4, -0.2) is 18.7 Å². The van der Waals surface area contributed by atoms with Gasteiger partial charge in [0.05, 0.1) is 0 Å². The molecule has 20 heavy (non-hydrogen) atoms. The second-order valence-electron chi connectivity index (χ2n) is 6.52. The molecule has 0 amide bonds. The normalized spacial score (nSPS) is 12.0. The average molecular weight is 333 g/mol. The number of nitrogens with zero attached hydrogens (tertiary/aromatic N) is 4. The van der Waals surface area contributed by atoms with Crippen LogP contribution in [0.25, 0.3) is 0 Å². The Balaban J connectivity index is 0.000000200. The van der Waals surface area contributed by atoms with E-state index in [0.29, 0.717) is 5.28 Å². The minimum Gasteiger partial charge on any atom is -0.224 e. The van der Waals surface area contributed by atoms with Crippen molar-refractivity contribution in [3.8, 4) is 0 Å². The van der Waals surface area contributed by atoms with E-state index in [0.717, 1.165) is 15.8 Å². The van der Waals surface area contributed by atoms with Gasteiger partial charge in [-0.2, -0.15) is 8.75 Å². The first-order valence-corrected chi connectivity index (χ1v) is 8.23. The highest BCUT2D eigenvalue weighted by Crippen LogP contribution is 2.24. The molecule has 7 heteroatoms. The molecule has 0 aliphatic heterocycles. The summed E-state index contributed by atoms with van der Waals surface area (Å²) < 4.78 is 7.99. The molecule has 0 fully saturated rings. The van der Waals surface area contributed by atoms with Gasteiger partial charge in [-0.3, -0.25) is 0 Å². The van der Waals surface area contributed by atoms with Gasteiger partial charge >= 0.3 is 0 Å². The Hall–Kier alpha value is -0.590. The molecule has 2 aromatic heterocycles. The summed E-state index contributed by atoms with van der Waals surface area (Å²) >= 11 is 8.41. The van der Waals surface area contributed by atoms with Crippen molar-refractivity contribution < 1.29 is 0 Å². The topological polar surface area (TPSA) is 51.6 Å². The molecule has 0 aliphatic rings. The Kier molecular flexibility index (Phi) is 5.63. The van der Waals surface area contributed by atoms with Crippen molar-refractivity contribution in [2.45, 2.75) is 59.3 Å². The molecule has 4 nitrogen and oxygen atoms in total. The fraction of sp³-hybridized carbons (Fsp3) is 0.692. The van der Waals surface area contributed by atoms with Crippen molar-refractivity contribution in [3.63, 3.8) is 0 Å². The Morgan fingerprint density at radius 3 is 1.45 bits per heavy atom. The molecule has 0 N–H and O–H groups in total. The first-order valence-electron chi connectivity index (χ1n) is 6.30. The third-order valence-corrected chi connectivity index (χ3v) is 4.85. The van der Waals surface area contributed by atoms with Gasteiger partial charge < -0.3 is 0 Å². The summed E-state index contributed by atoms with van der Waals surface area (Å²) in [5.74, 6) is 0.884. The number of halogens is 1. The van der Waals surface area contributed by atoms with Crippen LogP contribution in [0.2, 0.25) is 5.28 Å². The van der Waals surface area contributed by atoms with Crippen LogP contribution in [0.1, 0.15) is 57.4 Å². The minimum atomic E-state index is 0.0742. The lowest BCUT2D eigenvalue weighted by Gasteiger charge is -2.12. The summed E-state index contributed by atoms with van der Waals surface area (Å²) in [7, 11) is 0. The smallest absolute Gasteiger partial charge is 0.224 e. The average Bonchev–Trinajstić information content (AvgIpc) is 2.85. The van der Waals surface area contributed by atoms with Crippen LogP contribution < -0.4 is 0 Å². The first-order chi connectivity index (χ1) is 9.00. The van der Waals surface area contributed by atoms with Gasteiger partial charge in [0.15, 0.2) is 0 Å². The van der Waals surface area contributed by atoms with Gasteiger partial charge in [0.25, 0.3) is 0 Å². The maximum Gasteiger partial charge on any atom is 0.234 e. The van der Waals surface area contributed by atoms with Crippen LogP contribution in [0.5, 0.6) is 0 Å². The summed E-state index contributed by atoms with van der Waals surface area (Å²) in [5.41, 5.74) is 0.233. The number of aryl methyl sites for hydroxylation is 1. The van der Waals surface area contributed by atoms with Gasteiger partial charge in [-0.15, -0.1) is 0 Å². The van der Waals surface area contributed by atoms with E-state index < -0.39 is 0 Å². The summed E-state index contributed by atoms with van der Waals surface area (Å²) in [4.78, 5) is 8.34. The fourth-order valence-corrected chi connectivity index (χ4v) is 2.66. The van der Waals surface area contributed by atoms with Crippen LogP contribution in [-0.2, 0) is 10.8 Å². The summed E-state index contributed by atoms with van der Waals surface area (Å²) in [6.45, 7) is 14.6. The Morgan fingerprint density at radius 2 is 1.25 bits per heavy atom. The van der Waals surface area contributed by atoms with Crippen molar-refractivity contribution in [1.29, 1.82) is 0 Å². The Labute approximate surface area is 134 Å². The molecule has 2 heterocycles. The number of rotatable bonds is 0. The van der Waals surface area contributed by atoms with Gasteiger partial charge in [0.1, 0.15) is 15.8 Å². The third-order valence-electron chi connectivity index (χ3n) is 2.21. The quantitative estimate of drug-likeness (QED) is 0.705. The number of aromatic nitrogens is 4. The highest BCUT2D eigenvalue weighted by molar-refractivity contribution is 7.06. The zero-order valence-corrected chi connectivity index (χ0v) is 15.4. The molecule has 0 bridgehead atoms. The molecule has 2 aromatic rings. The number of hydrogen-bond donors (Lipinski definition) is 0. The van der Waals surface area contributed by atoms with E-state index in [-0.39, 0.29) is 10.8 Å². The molecule has 112 valence electrons. The van der Waals surface area contributed by atoms with Crippen molar-refractivity contribution >= 4 is 34.7 Å². The maximum absolute atomic E-state index is 5.55. The maximum atomic E-state index is 5.55. The summed E-state index contributed by atoms with van der Waals surface area (Å²) in [6.07, 6.45) is 0. The predicted octanol–water partition coefficient (Wildman–Crippen LogP) is 4.63. The van der Waals surface area contributed by atoms with Crippen LogP contribution in [0.3, 0.4) is 0 Å². The molecule has 0 spiro atoms. The molecule has 0 radical (unpaired) electrons. The zero-order valence-electron chi connectivity index (χ0n) is 13.0. The standard InChI is InChI=1S/C7H12N2S.C6H9ClN2S/c1-5-8-6(10-9-5)7(2,3)4;1-6(2,3)4-8-5(7)9-10-4/h1-4H3;1-3H3. The molecule has 0 saturated carbocycles. The van der Waals surface area contributed by atoms with Gasteiger partial charge in [-0.1, -0.05) is 41.5 Å². The Morgan fingerprint density at radius 1 is 0.800 bits per heavy atom. The van der Waals surface area contributed by atoms with E-state index in [2.05, 4.69) is 60.3 Å². The number of hydrogen-bond acceptors (Lipinski definition) is 6. The van der Waals surface area contributed by atoms with E-state index in [1.54, 1.807) is 0 Å². The van der Waals surface area contributed by atoms with E-state index in [9.17, 15) is 0 Å². The van der Waals surface area contributed by atoms with Crippen molar-refractivity contribution in [1.82, 2.24) is 18.7 Å². The fourth-order valence-electron chi connectivity index (χ4n) is 1.11. The molecule has 2 rings (SSSR count). The van der Waals surface area contributed by atoms with Crippen LogP contribution >= 0.6 is 34.7 Å². The van der Waals surface area contributed by atoms with Crippen molar-refractivity contribution in [2.24, 2.45) is 0 Å². The predicted molar refractivity (Wildman–Crippen MR) is 87.0 cm³/mol. The molecule has 0 aromatic carbocycles.